The van der Waals surface area contributed by atoms with Crippen LogP contribution in [0.3, 0.4) is 0 Å². The van der Waals surface area contributed by atoms with Crippen LogP contribution in [0.1, 0.15) is 25.7 Å². The number of nitrogens with zero attached hydrogens (tertiary/aromatic N) is 1. The monoisotopic (exact) mass is 224 g/mol. The molecule has 1 unspecified atom stereocenters. The number of carboxylic acid groups (broad SMARTS) is 1. The number of likely N-dealkylation sites (tertiary alicyclic amines) is 1. The largest absolute Gasteiger partial charge is 0.480 e. The van der Waals surface area contributed by atoms with Gasteiger partial charge in [-0.15, -0.1) is 6.42 Å². The molecule has 1 aliphatic heterocycles. The topological polar surface area (TPSA) is 69.6 Å². The van der Waals surface area contributed by atoms with Crippen LogP contribution in [0.2, 0.25) is 0 Å². The second kappa shape index (κ2) is 6.01. The summed E-state index contributed by atoms with van der Waals surface area (Å²) in [4.78, 5) is 24.1. The lowest BCUT2D eigenvalue weighted by Crippen LogP contribution is -2.49. The second-order valence-electron chi connectivity index (χ2n) is 3.76. The molecule has 0 bridgehead atoms. The molecule has 5 heteroatoms. The van der Waals surface area contributed by atoms with Gasteiger partial charge in [0.15, 0.2) is 0 Å². The van der Waals surface area contributed by atoms with E-state index in [-0.39, 0.29) is 12.6 Å². The van der Waals surface area contributed by atoms with Gasteiger partial charge >= 0.3 is 12.0 Å². The molecule has 5 nitrogen and oxygen atoms in total. The van der Waals surface area contributed by atoms with Crippen molar-refractivity contribution in [2.24, 2.45) is 0 Å². The Morgan fingerprint density at radius 2 is 2.19 bits per heavy atom. The Kier molecular flexibility index (Phi) is 4.65. The lowest BCUT2D eigenvalue weighted by atomic mass is 10.1. The van der Waals surface area contributed by atoms with Crippen molar-refractivity contribution in [1.82, 2.24) is 10.2 Å². The Morgan fingerprint density at radius 1 is 1.44 bits per heavy atom. The highest BCUT2D eigenvalue weighted by molar-refractivity contribution is 5.82. The van der Waals surface area contributed by atoms with Gasteiger partial charge in [-0.2, -0.15) is 0 Å². The normalized spacial score (nSPS) is 20.7. The van der Waals surface area contributed by atoms with E-state index in [0.29, 0.717) is 13.0 Å². The summed E-state index contributed by atoms with van der Waals surface area (Å²) >= 11 is 0. The first-order chi connectivity index (χ1) is 7.66. The standard InChI is InChI=1S/C11H16N2O3/c1-2-7-12-11(16)13-8-5-3-4-6-9(13)10(14)15/h1,9H,3-8H2,(H,12,16)(H,14,15). The molecule has 88 valence electrons. The van der Waals surface area contributed by atoms with Crippen LogP contribution in [0.4, 0.5) is 4.79 Å². The van der Waals surface area contributed by atoms with E-state index in [0.717, 1.165) is 19.3 Å². The SMILES string of the molecule is C#CCNC(=O)N1CCCCCC1C(=O)O. The lowest BCUT2D eigenvalue weighted by Gasteiger charge is -2.26. The predicted molar refractivity (Wildman–Crippen MR) is 58.8 cm³/mol. The van der Waals surface area contributed by atoms with Gasteiger partial charge in [-0.3, -0.25) is 0 Å². The Morgan fingerprint density at radius 3 is 2.81 bits per heavy atom. The van der Waals surface area contributed by atoms with Crippen LogP contribution in [0.15, 0.2) is 0 Å². The van der Waals surface area contributed by atoms with Gasteiger partial charge in [0.2, 0.25) is 0 Å². The average Bonchev–Trinajstić information content (AvgIpc) is 2.50. The lowest BCUT2D eigenvalue weighted by molar-refractivity contribution is -0.142. The van der Waals surface area contributed by atoms with Gasteiger partial charge in [0.25, 0.3) is 0 Å². The summed E-state index contributed by atoms with van der Waals surface area (Å²) in [6.45, 7) is 0.606. The first-order valence-electron chi connectivity index (χ1n) is 5.37. The van der Waals surface area contributed by atoms with Crippen molar-refractivity contribution in [1.29, 1.82) is 0 Å². The van der Waals surface area contributed by atoms with E-state index in [4.69, 9.17) is 11.5 Å². The minimum Gasteiger partial charge on any atom is -0.480 e. The second-order valence-corrected chi connectivity index (χ2v) is 3.76. The van der Waals surface area contributed by atoms with Gasteiger partial charge in [-0.1, -0.05) is 18.8 Å². The van der Waals surface area contributed by atoms with Crippen LogP contribution in [-0.4, -0.2) is 41.1 Å². The Hall–Kier alpha value is -1.70. The van der Waals surface area contributed by atoms with Crippen LogP contribution in [0, 0.1) is 12.3 Å². The van der Waals surface area contributed by atoms with Crippen molar-refractivity contribution in [2.45, 2.75) is 31.7 Å². The van der Waals surface area contributed by atoms with E-state index in [1.54, 1.807) is 0 Å². The van der Waals surface area contributed by atoms with Gasteiger partial charge in [0.05, 0.1) is 6.54 Å². The van der Waals surface area contributed by atoms with Crippen molar-refractivity contribution in [2.75, 3.05) is 13.1 Å². The van der Waals surface area contributed by atoms with Crippen LogP contribution >= 0.6 is 0 Å². The number of aliphatic carboxylic acids is 1. The molecule has 1 atom stereocenters. The minimum atomic E-state index is -0.947. The van der Waals surface area contributed by atoms with E-state index >= 15 is 0 Å². The van der Waals surface area contributed by atoms with E-state index < -0.39 is 12.0 Å². The van der Waals surface area contributed by atoms with Gasteiger partial charge in [-0.25, -0.2) is 9.59 Å². The average molecular weight is 224 g/mol. The third-order valence-electron chi connectivity index (χ3n) is 2.64. The predicted octanol–water partition coefficient (Wildman–Crippen LogP) is 0.658. The zero-order valence-corrected chi connectivity index (χ0v) is 9.11. The summed E-state index contributed by atoms with van der Waals surface area (Å²) in [5.41, 5.74) is 0. The number of carbonyl (C=O) groups is 2. The fraction of sp³-hybridized carbons (Fsp3) is 0.636. The number of terminal acetylenes is 1. The van der Waals surface area contributed by atoms with Gasteiger partial charge in [-0.05, 0) is 12.8 Å². The number of hydrogen-bond donors (Lipinski definition) is 2. The molecule has 1 fully saturated rings. The number of carboxylic acids is 1. The van der Waals surface area contributed by atoms with Gasteiger partial charge in [0, 0.05) is 6.54 Å². The fourth-order valence-corrected chi connectivity index (χ4v) is 1.84. The van der Waals surface area contributed by atoms with Crippen molar-refractivity contribution >= 4 is 12.0 Å². The van der Waals surface area contributed by atoms with E-state index in [1.165, 1.54) is 4.90 Å². The van der Waals surface area contributed by atoms with Crippen molar-refractivity contribution in [3.8, 4) is 12.3 Å². The zero-order chi connectivity index (χ0) is 12.0. The Balaban J connectivity index is 2.67. The molecular weight excluding hydrogens is 208 g/mol. The molecule has 0 radical (unpaired) electrons. The number of nitrogens with one attached hydrogen (secondary N) is 1. The zero-order valence-electron chi connectivity index (χ0n) is 9.11. The molecule has 0 aromatic rings. The number of amides is 2. The van der Waals surface area contributed by atoms with E-state index in [9.17, 15) is 9.59 Å². The molecular formula is C11H16N2O3. The molecule has 0 aromatic heterocycles. The summed E-state index contributed by atoms with van der Waals surface area (Å²) in [5, 5.41) is 11.5. The molecule has 0 saturated carbocycles. The minimum absolute atomic E-state index is 0.127. The summed E-state index contributed by atoms with van der Waals surface area (Å²) in [7, 11) is 0. The summed E-state index contributed by atoms with van der Waals surface area (Å²) in [6.07, 6.45) is 8.19. The maximum absolute atomic E-state index is 11.7. The maximum Gasteiger partial charge on any atom is 0.326 e. The fourth-order valence-electron chi connectivity index (χ4n) is 1.84. The Bertz CT molecular complexity index is 309. The molecule has 1 rings (SSSR count). The third-order valence-corrected chi connectivity index (χ3v) is 2.64. The van der Waals surface area contributed by atoms with Crippen molar-refractivity contribution in [3.63, 3.8) is 0 Å². The molecule has 0 aromatic carbocycles. The quantitative estimate of drug-likeness (QED) is 0.677. The highest BCUT2D eigenvalue weighted by atomic mass is 16.4. The summed E-state index contributed by atoms with van der Waals surface area (Å²) < 4.78 is 0. The summed E-state index contributed by atoms with van der Waals surface area (Å²) in [6, 6.07) is -1.10. The number of hydrogen-bond acceptors (Lipinski definition) is 2. The highest BCUT2D eigenvalue weighted by Crippen LogP contribution is 2.16. The Labute approximate surface area is 94.8 Å². The molecule has 2 N–H and O–H groups in total. The van der Waals surface area contributed by atoms with Gasteiger partial charge in [0.1, 0.15) is 6.04 Å². The van der Waals surface area contributed by atoms with Crippen molar-refractivity contribution in [3.05, 3.63) is 0 Å². The van der Waals surface area contributed by atoms with Crippen molar-refractivity contribution < 1.29 is 14.7 Å². The number of carbonyl (C=O) groups excluding carboxylic acids is 1. The molecule has 0 spiro atoms. The van der Waals surface area contributed by atoms with Crippen LogP contribution < -0.4 is 5.32 Å². The molecule has 1 heterocycles. The maximum atomic E-state index is 11.7. The van der Waals surface area contributed by atoms with Crippen LogP contribution in [0.25, 0.3) is 0 Å². The van der Waals surface area contributed by atoms with E-state index in [1.807, 2.05) is 0 Å². The molecule has 1 saturated heterocycles. The van der Waals surface area contributed by atoms with E-state index in [2.05, 4.69) is 11.2 Å². The first-order valence-corrected chi connectivity index (χ1v) is 5.37. The van der Waals surface area contributed by atoms with Crippen LogP contribution in [0.5, 0.6) is 0 Å². The smallest absolute Gasteiger partial charge is 0.326 e. The molecule has 2 amide bonds. The highest BCUT2D eigenvalue weighted by Gasteiger charge is 2.30. The third kappa shape index (κ3) is 3.16. The molecule has 16 heavy (non-hydrogen) atoms. The van der Waals surface area contributed by atoms with Crippen LogP contribution in [-0.2, 0) is 4.79 Å². The molecule has 0 aliphatic carbocycles. The first kappa shape index (κ1) is 12.4. The number of rotatable bonds is 2. The molecule has 1 aliphatic rings. The summed E-state index contributed by atoms with van der Waals surface area (Å²) in [5.74, 6) is 1.34. The van der Waals surface area contributed by atoms with Gasteiger partial charge < -0.3 is 15.3 Å². The number of urea groups is 1.